The minimum Gasteiger partial charge on any atom is -0.374 e. The van der Waals surface area contributed by atoms with Crippen LogP contribution in [0.15, 0.2) is 0 Å². The van der Waals surface area contributed by atoms with E-state index in [-0.39, 0.29) is 0 Å². The van der Waals surface area contributed by atoms with Gasteiger partial charge in [-0.05, 0) is 56.8 Å². The molecular formula is C17H30O. The molecule has 3 rings (SSSR count). The van der Waals surface area contributed by atoms with Crippen molar-refractivity contribution >= 4 is 0 Å². The van der Waals surface area contributed by atoms with Crippen molar-refractivity contribution in [3.05, 3.63) is 0 Å². The van der Waals surface area contributed by atoms with Gasteiger partial charge in [0.1, 0.15) is 0 Å². The molecule has 2 atom stereocenters. The average Bonchev–Trinajstić information content (AvgIpc) is 2.49. The minimum atomic E-state index is 0.631. The molecule has 1 aliphatic heterocycles. The third kappa shape index (κ3) is 3.10. The number of hydrogen-bond donors (Lipinski definition) is 0. The zero-order valence-electron chi connectivity index (χ0n) is 11.9. The molecule has 0 N–H and O–H groups in total. The summed E-state index contributed by atoms with van der Waals surface area (Å²) in [5, 5.41) is 0. The lowest BCUT2D eigenvalue weighted by Crippen LogP contribution is -2.38. The predicted octanol–water partition coefficient (Wildman–Crippen LogP) is 5.08. The van der Waals surface area contributed by atoms with E-state index in [0.717, 1.165) is 11.8 Å². The van der Waals surface area contributed by atoms with Crippen molar-refractivity contribution < 1.29 is 4.74 Å². The summed E-state index contributed by atoms with van der Waals surface area (Å²) in [6, 6.07) is 0. The number of ether oxygens (including phenoxy) is 1. The van der Waals surface area contributed by atoms with E-state index in [1.165, 1.54) is 83.5 Å². The first kappa shape index (κ1) is 13.0. The van der Waals surface area contributed by atoms with Crippen LogP contribution < -0.4 is 0 Å². The highest BCUT2D eigenvalue weighted by Crippen LogP contribution is 2.38. The summed E-state index contributed by atoms with van der Waals surface area (Å²) >= 11 is 0. The summed E-state index contributed by atoms with van der Waals surface area (Å²) in [5.41, 5.74) is 0. The smallest absolute Gasteiger partial charge is 0.0607 e. The van der Waals surface area contributed by atoms with Crippen LogP contribution in [0.25, 0.3) is 0 Å². The monoisotopic (exact) mass is 250 g/mol. The van der Waals surface area contributed by atoms with Gasteiger partial charge >= 0.3 is 0 Å². The maximum atomic E-state index is 6.57. The molecule has 1 heteroatoms. The lowest BCUT2D eigenvalue weighted by atomic mass is 9.79. The zero-order chi connectivity index (χ0) is 12.2. The Morgan fingerprint density at radius 2 is 0.889 bits per heavy atom. The fourth-order valence-electron chi connectivity index (χ4n) is 4.59. The van der Waals surface area contributed by atoms with Crippen molar-refractivity contribution in [3.8, 4) is 0 Å². The van der Waals surface area contributed by atoms with Crippen LogP contribution in [-0.4, -0.2) is 12.2 Å². The molecule has 0 aromatic carbocycles. The summed E-state index contributed by atoms with van der Waals surface area (Å²) < 4.78 is 6.57. The van der Waals surface area contributed by atoms with Gasteiger partial charge in [-0.1, -0.05) is 38.5 Å². The molecular weight excluding hydrogens is 220 g/mol. The molecule has 18 heavy (non-hydrogen) atoms. The SMILES string of the molecule is C1CCC([C@@H]2CCC[C@H](C3CCCCC3)O2)CC1. The van der Waals surface area contributed by atoms with Gasteiger partial charge in [0.25, 0.3) is 0 Å². The molecule has 1 saturated heterocycles. The number of hydrogen-bond acceptors (Lipinski definition) is 1. The minimum absolute atomic E-state index is 0.631. The van der Waals surface area contributed by atoms with Crippen LogP contribution in [-0.2, 0) is 4.74 Å². The molecule has 0 radical (unpaired) electrons. The molecule has 0 amide bonds. The van der Waals surface area contributed by atoms with Gasteiger partial charge in [-0.25, -0.2) is 0 Å². The van der Waals surface area contributed by atoms with Crippen molar-refractivity contribution in [2.75, 3.05) is 0 Å². The van der Waals surface area contributed by atoms with E-state index in [0.29, 0.717) is 12.2 Å². The Kier molecular flexibility index (Phi) is 4.62. The summed E-state index contributed by atoms with van der Waals surface area (Å²) in [7, 11) is 0. The first-order valence-corrected chi connectivity index (χ1v) is 8.59. The van der Waals surface area contributed by atoms with E-state index in [1.54, 1.807) is 0 Å². The third-order valence-corrected chi connectivity index (χ3v) is 5.68. The van der Waals surface area contributed by atoms with Crippen molar-refractivity contribution in [2.45, 2.75) is 95.7 Å². The predicted molar refractivity (Wildman–Crippen MR) is 75.7 cm³/mol. The third-order valence-electron chi connectivity index (χ3n) is 5.68. The van der Waals surface area contributed by atoms with E-state index in [4.69, 9.17) is 4.74 Å². The standard InChI is InChI=1S/C17H30O/c1-3-8-14(9-4-1)16-12-7-13-17(18-16)15-10-5-2-6-11-15/h14-17H,1-13H2/t16-,17+. The normalized spacial score (nSPS) is 36.7. The maximum absolute atomic E-state index is 6.57. The van der Waals surface area contributed by atoms with E-state index in [9.17, 15) is 0 Å². The van der Waals surface area contributed by atoms with Crippen LogP contribution >= 0.6 is 0 Å². The topological polar surface area (TPSA) is 9.23 Å². The van der Waals surface area contributed by atoms with Crippen molar-refractivity contribution in [1.29, 1.82) is 0 Å². The summed E-state index contributed by atoms with van der Waals surface area (Å²) in [5.74, 6) is 1.82. The van der Waals surface area contributed by atoms with Gasteiger partial charge in [0.05, 0.1) is 12.2 Å². The van der Waals surface area contributed by atoms with Gasteiger partial charge in [-0.2, -0.15) is 0 Å². The maximum Gasteiger partial charge on any atom is 0.0607 e. The van der Waals surface area contributed by atoms with Crippen LogP contribution in [0, 0.1) is 11.8 Å². The van der Waals surface area contributed by atoms with E-state index >= 15 is 0 Å². The lowest BCUT2D eigenvalue weighted by Gasteiger charge is -2.40. The lowest BCUT2D eigenvalue weighted by molar-refractivity contribution is -0.111. The first-order valence-electron chi connectivity index (χ1n) is 8.59. The average molecular weight is 250 g/mol. The molecule has 2 aliphatic carbocycles. The van der Waals surface area contributed by atoms with E-state index < -0.39 is 0 Å². The Balaban J connectivity index is 1.53. The van der Waals surface area contributed by atoms with E-state index in [1.807, 2.05) is 0 Å². The van der Waals surface area contributed by atoms with Crippen LogP contribution in [0.2, 0.25) is 0 Å². The van der Waals surface area contributed by atoms with E-state index in [2.05, 4.69) is 0 Å². The van der Waals surface area contributed by atoms with Crippen molar-refractivity contribution in [3.63, 3.8) is 0 Å². The van der Waals surface area contributed by atoms with Gasteiger partial charge in [-0.15, -0.1) is 0 Å². The fourth-order valence-corrected chi connectivity index (χ4v) is 4.59. The molecule has 3 aliphatic rings. The molecule has 1 nitrogen and oxygen atoms in total. The molecule has 3 fully saturated rings. The Hall–Kier alpha value is -0.0400. The summed E-state index contributed by atoms with van der Waals surface area (Å²) in [6.45, 7) is 0. The Bertz CT molecular complexity index is 214. The largest absolute Gasteiger partial charge is 0.374 e. The van der Waals surface area contributed by atoms with Crippen molar-refractivity contribution in [2.24, 2.45) is 11.8 Å². The van der Waals surface area contributed by atoms with Crippen LogP contribution in [0.5, 0.6) is 0 Å². The Labute approximate surface area is 113 Å². The first-order chi connectivity index (χ1) is 8.93. The molecule has 104 valence electrons. The van der Waals surface area contributed by atoms with Gasteiger partial charge < -0.3 is 4.74 Å². The van der Waals surface area contributed by atoms with Gasteiger partial charge in [0.15, 0.2) is 0 Å². The van der Waals surface area contributed by atoms with Gasteiger partial charge in [0, 0.05) is 0 Å². The Morgan fingerprint density at radius 1 is 0.444 bits per heavy atom. The summed E-state index contributed by atoms with van der Waals surface area (Å²) in [6.07, 6.45) is 20.0. The molecule has 0 aromatic heterocycles. The molecule has 1 heterocycles. The molecule has 0 unspecified atom stereocenters. The van der Waals surface area contributed by atoms with Crippen molar-refractivity contribution in [1.82, 2.24) is 0 Å². The second-order valence-corrected chi connectivity index (χ2v) is 6.94. The van der Waals surface area contributed by atoms with Crippen LogP contribution in [0.3, 0.4) is 0 Å². The highest BCUT2D eigenvalue weighted by Gasteiger charge is 2.33. The molecule has 0 bridgehead atoms. The zero-order valence-corrected chi connectivity index (χ0v) is 11.9. The van der Waals surface area contributed by atoms with Crippen LogP contribution in [0.1, 0.15) is 83.5 Å². The van der Waals surface area contributed by atoms with Gasteiger partial charge in [0.2, 0.25) is 0 Å². The molecule has 2 saturated carbocycles. The van der Waals surface area contributed by atoms with Gasteiger partial charge in [-0.3, -0.25) is 0 Å². The second kappa shape index (κ2) is 6.41. The fraction of sp³-hybridized carbons (Fsp3) is 1.00. The quantitative estimate of drug-likeness (QED) is 0.663. The molecule has 0 aromatic rings. The molecule has 0 spiro atoms. The summed E-state index contributed by atoms with van der Waals surface area (Å²) in [4.78, 5) is 0. The Morgan fingerprint density at radius 3 is 1.33 bits per heavy atom. The highest BCUT2D eigenvalue weighted by atomic mass is 16.5. The number of rotatable bonds is 2. The second-order valence-electron chi connectivity index (χ2n) is 6.94. The van der Waals surface area contributed by atoms with Crippen LogP contribution in [0.4, 0.5) is 0 Å². The highest BCUT2D eigenvalue weighted by molar-refractivity contribution is 4.83.